The molecule has 0 radical (unpaired) electrons. The molecule has 158 valence electrons. The zero-order chi connectivity index (χ0) is 21.8. The second kappa shape index (κ2) is 8.74. The Hall–Kier alpha value is -4.07. The number of anilines is 1. The van der Waals surface area contributed by atoms with E-state index in [2.05, 4.69) is 10.5 Å². The summed E-state index contributed by atoms with van der Waals surface area (Å²) in [5, 5.41) is 6.93. The minimum atomic E-state index is -1.09. The van der Waals surface area contributed by atoms with E-state index in [4.69, 9.17) is 18.4 Å². The Labute approximate surface area is 177 Å². The van der Waals surface area contributed by atoms with Gasteiger partial charge in [0.2, 0.25) is 11.6 Å². The van der Waals surface area contributed by atoms with E-state index >= 15 is 0 Å². The predicted molar refractivity (Wildman–Crippen MR) is 112 cm³/mol. The van der Waals surface area contributed by atoms with Gasteiger partial charge in [-0.1, -0.05) is 41.6 Å². The zero-order valence-corrected chi connectivity index (χ0v) is 17.0. The largest absolute Gasteiger partial charge is 0.489 e. The van der Waals surface area contributed by atoms with Crippen molar-refractivity contribution in [2.75, 3.05) is 5.32 Å². The van der Waals surface area contributed by atoms with Crippen LogP contribution in [0.3, 0.4) is 0 Å². The first-order chi connectivity index (χ1) is 15.0. The van der Waals surface area contributed by atoms with Crippen molar-refractivity contribution in [1.82, 2.24) is 5.16 Å². The van der Waals surface area contributed by atoms with Gasteiger partial charge in [-0.2, -0.15) is 0 Å². The normalized spacial score (nSPS) is 11.8. The minimum absolute atomic E-state index is 0.00714. The maximum Gasteiger partial charge on any atom is 0.375 e. The van der Waals surface area contributed by atoms with Crippen molar-refractivity contribution in [3.05, 3.63) is 77.7 Å². The van der Waals surface area contributed by atoms with Gasteiger partial charge in [-0.25, -0.2) is 4.79 Å². The first-order valence-electron chi connectivity index (χ1n) is 9.64. The summed E-state index contributed by atoms with van der Waals surface area (Å²) < 4.78 is 21.8. The summed E-state index contributed by atoms with van der Waals surface area (Å²) in [7, 11) is 0. The number of nitrogens with zero attached hydrogens (tertiary/aromatic N) is 1. The van der Waals surface area contributed by atoms with Gasteiger partial charge in [0.25, 0.3) is 5.91 Å². The molecule has 0 bridgehead atoms. The average Bonchev–Trinajstić information content (AvgIpc) is 3.36. The molecule has 2 aromatic carbocycles. The van der Waals surface area contributed by atoms with Crippen LogP contribution < -0.4 is 10.1 Å². The van der Waals surface area contributed by atoms with Crippen molar-refractivity contribution in [3.63, 3.8) is 0 Å². The lowest BCUT2D eigenvalue weighted by atomic mass is 10.1. The molecule has 1 amide bonds. The highest BCUT2D eigenvalue weighted by molar-refractivity contribution is 5.99. The number of furan rings is 1. The van der Waals surface area contributed by atoms with Crippen LogP contribution in [0.2, 0.25) is 0 Å². The molecule has 0 aliphatic carbocycles. The van der Waals surface area contributed by atoms with E-state index in [1.54, 1.807) is 25.1 Å². The van der Waals surface area contributed by atoms with Gasteiger partial charge in [0.1, 0.15) is 17.9 Å². The number of rotatable bonds is 7. The molecular formula is C23H20N2O6. The smallest absolute Gasteiger partial charge is 0.375 e. The molecule has 1 unspecified atom stereocenters. The highest BCUT2D eigenvalue weighted by atomic mass is 16.6. The van der Waals surface area contributed by atoms with E-state index in [9.17, 15) is 9.59 Å². The maximum absolute atomic E-state index is 12.8. The van der Waals surface area contributed by atoms with E-state index in [0.717, 1.165) is 5.39 Å². The second-order valence-electron chi connectivity index (χ2n) is 6.88. The Balaban J connectivity index is 1.52. The van der Waals surface area contributed by atoms with Crippen molar-refractivity contribution in [2.24, 2.45) is 0 Å². The number of benzene rings is 2. The van der Waals surface area contributed by atoms with Crippen molar-refractivity contribution >= 4 is 28.7 Å². The molecule has 31 heavy (non-hydrogen) atoms. The fraction of sp³-hybridized carbons (Fsp3) is 0.174. The molecule has 8 heteroatoms. The number of amides is 1. The summed E-state index contributed by atoms with van der Waals surface area (Å²) in [5.41, 5.74) is 1.68. The molecule has 0 fully saturated rings. The summed E-state index contributed by atoms with van der Waals surface area (Å²) in [6, 6.07) is 18.0. The van der Waals surface area contributed by atoms with E-state index < -0.39 is 18.0 Å². The number of esters is 1. The van der Waals surface area contributed by atoms with Crippen molar-refractivity contribution < 1.29 is 28.0 Å². The number of ether oxygens (including phenoxy) is 2. The van der Waals surface area contributed by atoms with Gasteiger partial charge >= 0.3 is 5.97 Å². The molecule has 2 aromatic heterocycles. The van der Waals surface area contributed by atoms with Crippen molar-refractivity contribution in [3.8, 4) is 5.75 Å². The average molecular weight is 420 g/mol. The molecule has 4 aromatic rings. The number of fused-ring (bicyclic) bond motifs is 1. The predicted octanol–water partition coefficient (Wildman–Crippen LogP) is 4.49. The van der Waals surface area contributed by atoms with Crippen LogP contribution in [0, 0.1) is 6.92 Å². The third kappa shape index (κ3) is 4.58. The zero-order valence-electron chi connectivity index (χ0n) is 17.0. The molecule has 0 saturated heterocycles. The van der Waals surface area contributed by atoms with Gasteiger partial charge in [0, 0.05) is 11.5 Å². The third-order valence-electron chi connectivity index (χ3n) is 4.54. The molecule has 0 saturated carbocycles. The highest BCUT2D eigenvalue weighted by Gasteiger charge is 2.26. The summed E-state index contributed by atoms with van der Waals surface area (Å²) in [4.78, 5) is 25.2. The number of carbonyl (C=O) groups excluding carboxylic acids is 2. The summed E-state index contributed by atoms with van der Waals surface area (Å²) in [6.07, 6.45) is -1.09. The number of hydrogen-bond acceptors (Lipinski definition) is 7. The summed E-state index contributed by atoms with van der Waals surface area (Å²) >= 11 is 0. The van der Waals surface area contributed by atoms with E-state index in [1.807, 2.05) is 42.5 Å². The summed E-state index contributed by atoms with van der Waals surface area (Å²) in [6.45, 7) is 3.28. The first-order valence-corrected chi connectivity index (χ1v) is 9.64. The number of aromatic nitrogens is 1. The molecule has 0 spiro atoms. The molecule has 8 nitrogen and oxygen atoms in total. The standard InChI is InChI=1S/C23H20N2O6/c1-14-12-20(31-25-14)24-22(26)15(2)29-23(27)21-18(13-28-16-8-4-3-5-9-16)17-10-6-7-11-19(17)30-21/h3-12,15H,13H2,1-2H3,(H,24,26). The highest BCUT2D eigenvalue weighted by Crippen LogP contribution is 2.28. The number of hydrogen-bond donors (Lipinski definition) is 1. The Bertz CT molecular complexity index is 1210. The number of aryl methyl sites for hydroxylation is 1. The lowest BCUT2D eigenvalue weighted by Gasteiger charge is -2.12. The molecule has 1 atom stereocenters. The van der Waals surface area contributed by atoms with Crippen LogP contribution in [-0.4, -0.2) is 23.1 Å². The molecule has 0 aliphatic heterocycles. The van der Waals surface area contributed by atoms with Crippen molar-refractivity contribution in [2.45, 2.75) is 26.6 Å². The van der Waals surface area contributed by atoms with Crippen LogP contribution >= 0.6 is 0 Å². The number of nitrogens with one attached hydrogen (secondary N) is 1. The van der Waals surface area contributed by atoms with E-state index in [0.29, 0.717) is 22.6 Å². The van der Waals surface area contributed by atoms with E-state index in [-0.39, 0.29) is 18.3 Å². The SMILES string of the molecule is Cc1cc(NC(=O)C(C)OC(=O)c2oc3ccccc3c2COc2ccccc2)on1. The first kappa shape index (κ1) is 20.2. The fourth-order valence-corrected chi connectivity index (χ4v) is 2.99. The van der Waals surface area contributed by atoms with Crippen LogP contribution in [-0.2, 0) is 16.1 Å². The van der Waals surface area contributed by atoms with Crippen molar-refractivity contribution in [1.29, 1.82) is 0 Å². The van der Waals surface area contributed by atoms with Gasteiger partial charge in [-0.15, -0.1) is 0 Å². The maximum atomic E-state index is 12.8. The minimum Gasteiger partial charge on any atom is -0.489 e. The molecular weight excluding hydrogens is 400 g/mol. The Morgan fingerprint density at radius 3 is 2.58 bits per heavy atom. The lowest BCUT2D eigenvalue weighted by Crippen LogP contribution is -2.30. The van der Waals surface area contributed by atoms with Gasteiger partial charge in [-0.3, -0.25) is 10.1 Å². The van der Waals surface area contributed by atoms with Crippen LogP contribution in [0.4, 0.5) is 5.88 Å². The Kier molecular flexibility index (Phi) is 5.70. The Morgan fingerprint density at radius 2 is 1.84 bits per heavy atom. The topological polar surface area (TPSA) is 104 Å². The second-order valence-corrected chi connectivity index (χ2v) is 6.88. The van der Waals surface area contributed by atoms with Gasteiger partial charge in [0.15, 0.2) is 6.10 Å². The Morgan fingerprint density at radius 1 is 1.10 bits per heavy atom. The molecule has 4 rings (SSSR count). The number of carbonyl (C=O) groups is 2. The third-order valence-corrected chi connectivity index (χ3v) is 4.54. The van der Waals surface area contributed by atoms with Gasteiger partial charge < -0.3 is 18.4 Å². The van der Waals surface area contributed by atoms with E-state index in [1.165, 1.54) is 6.92 Å². The monoisotopic (exact) mass is 420 g/mol. The lowest BCUT2D eigenvalue weighted by molar-refractivity contribution is -0.124. The number of para-hydroxylation sites is 2. The molecule has 0 aliphatic rings. The van der Waals surface area contributed by atoms with Crippen LogP contribution in [0.5, 0.6) is 5.75 Å². The van der Waals surface area contributed by atoms with Crippen LogP contribution in [0.25, 0.3) is 11.0 Å². The summed E-state index contributed by atoms with van der Waals surface area (Å²) in [5.74, 6) is -0.498. The van der Waals surface area contributed by atoms with Gasteiger partial charge in [-0.05, 0) is 32.0 Å². The van der Waals surface area contributed by atoms with Gasteiger partial charge in [0.05, 0.1) is 11.3 Å². The quantitative estimate of drug-likeness (QED) is 0.439. The van der Waals surface area contributed by atoms with Crippen LogP contribution in [0.15, 0.2) is 69.6 Å². The molecule has 2 heterocycles. The van der Waals surface area contributed by atoms with Crippen LogP contribution in [0.1, 0.15) is 28.7 Å². The molecule has 1 N–H and O–H groups in total. The fourth-order valence-electron chi connectivity index (χ4n) is 2.99.